The number of rotatable bonds is 5. The van der Waals surface area contributed by atoms with E-state index >= 15 is 0 Å². The zero-order valence-electron chi connectivity index (χ0n) is 13.8. The third kappa shape index (κ3) is 3.99. The van der Waals surface area contributed by atoms with Crippen molar-refractivity contribution >= 4 is 17.7 Å². The normalized spacial score (nSPS) is 19.2. The number of carbonyl (C=O) groups is 1. The molecule has 0 aliphatic carbocycles. The van der Waals surface area contributed by atoms with Gasteiger partial charge in [-0.1, -0.05) is 18.2 Å². The number of hydrogen-bond donors (Lipinski definition) is 1. The number of aliphatic hydroxyl groups excluding tert-OH is 1. The third-order valence-corrected chi connectivity index (χ3v) is 5.48. The van der Waals surface area contributed by atoms with Crippen molar-refractivity contribution in [1.82, 2.24) is 14.5 Å². The summed E-state index contributed by atoms with van der Waals surface area (Å²) in [5.41, 5.74) is 0. The number of aliphatic hydroxyl groups is 1. The lowest BCUT2D eigenvalue weighted by Crippen LogP contribution is -2.42. The molecular formula is C18H23N3O2S. The molecule has 2 atom stereocenters. The van der Waals surface area contributed by atoms with Crippen molar-refractivity contribution in [3.05, 3.63) is 48.5 Å². The number of aromatic nitrogens is 2. The highest BCUT2D eigenvalue weighted by atomic mass is 32.2. The number of piperidine rings is 1. The van der Waals surface area contributed by atoms with Crippen molar-refractivity contribution in [2.45, 2.75) is 23.8 Å². The molecule has 1 saturated heterocycles. The maximum atomic E-state index is 12.5. The molecule has 0 spiro atoms. The average molecular weight is 345 g/mol. The SMILES string of the molecule is Cn1ccnc1C(O)C1CCCN(C(=O)CSc2ccccc2)C1. The fourth-order valence-electron chi connectivity index (χ4n) is 3.12. The zero-order chi connectivity index (χ0) is 16.9. The van der Waals surface area contributed by atoms with Crippen molar-refractivity contribution in [2.24, 2.45) is 13.0 Å². The van der Waals surface area contributed by atoms with Crippen molar-refractivity contribution in [3.63, 3.8) is 0 Å². The van der Waals surface area contributed by atoms with Crippen molar-refractivity contribution in [1.29, 1.82) is 0 Å². The molecule has 0 radical (unpaired) electrons. The lowest BCUT2D eigenvalue weighted by atomic mass is 9.92. The van der Waals surface area contributed by atoms with Crippen LogP contribution in [0.25, 0.3) is 0 Å². The number of aryl methyl sites for hydroxylation is 1. The first kappa shape index (κ1) is 17.0. The molecule has 1 aromatic carbocycles. The number of benzene rings is 1. The molecule has 3 rings (SSSR count). The van der Waals surface area contributed by atoms with Gasteiger partial charge in [-0.05, 0) is 25.0 Å². The van der Waals surface area contributed by atoms with E-state index in [4.69, 9.17) is 0 Å². The van der Waals surface area contributed by atoms with Gasteiger partial charge in [0.1, 0.15) is 11.9 Å². The van der Waals surface area contributed by atoms with E-state index in [1.54, 1.807) is 18.0 Å². The molecule has 128 valence electrons. The summed E-state index contributed by atoms with van der Waals surface area (Å²) in [5, 5.41) is 10.6. The number of carbonyl (C=O) groups excluding carboxylic acids is 1. The minimum absolute atomic E-state index is 0.0468. The molecule has 6 heteroatoms. The number of thioether (sulfide) groups is 1. The summed E-state index contributed by atoms with van der Waals surface area (Å²) in [7, 11) is 1.88. The van der Waals surface area contributed by atoms with E-state index in [1.165, 1.54) is 0 Å². The van der Waals surface area contributed by atoms with E-state index in [1.807, 2.05) is 53.0 Å². The van der Waals surface area contributed by atoms with Crippen LogP contribution < -0.4 is 0 Å². The fraction of sp³-hybridized carbons (Fsp3) is 0.444. The molecule has 2 heterocycles. The van der Waals surface area contributed by atoms with Gasteiger partial charge < -0.3 is 14.6 Å². The zero-order valence-corrected chi connectivity index (χ0v) is 14.7. The van der Waals surface area contributed by atoms with Crippen LogP contribution in [-0.4, -0.2) is 44.3 Å². The van der Waals surface area contributed by atoms with E-state index in [-0.39, 0.29) is 11.8 Å². The van der Waals surface area contributed by atoms with Gasteiger partial charge in [0.05, 0.1) is 5.75 Å². The summed E-state index contributed by atoms with van der Waals surface area (Å²) in [4.78, 5) is 19.7. The molecule has 5 nitrogen and oxygen atoms in total. The van der Waals surface area contributed by atoms with E-state index in [2.05, 4.69) is 4.98 Å². The number of amides is 1. The first-order valence-corrected chi connectivity index (χ1v) is 9.24. The molecule has 24 heavy (non-hydrogen) atoms. The molecule has 0 saturated carbocycles. The highest BCUT2D eigenvalue weighted by Crippen LogP contribution is 2.29. The topological polar surface area (TPSA) is 58.4 Å². The van der Waals surface area contributed by atoms with Gasteiger partial charge in [0.15, 0.2) is 0 Å². The van der Waals surface area contributed by atoms with Gasteiger partial charge >= 0.3 is 0 Å². The first-order chi connectivity index (χ1) is 11.6. The Morgan fingerprint density at radius 2 is 2.21 bits per heavy atom. The molecule has 0 bridgehead atoms. The molecule has 1 fully saturated rings. The summed E-state index contributed by atoms with van der Waals surface area (Å²) < 4.78 is 1.84. The van der Waals surface area contributed by atoms with Crippen molar-refractivity contribution in [2.75, 3.05) is 18.8 Å². The monoisotopic (exact) mass is 345 g/mol. The number of likely N-dealkylation sites (tertiary alicyclic amines) is 1. The Bertz CT molecular complexity index is 674. The number of hydrogen-bond acceptors (Lipinski definition) is 4. The van der Waals surface area contributed by atoms with Gasteiger partial charge in [0.2, 0.25) is 5.91 Å². The second-order valence-electron chi connectivity index (χ2n) is 6.18. The Morgan fingerprint density at radius 3 is 2.92 bits per heavy atom. The van der Waals surface area contributed by atoms with Crippen LogP contribution >= 0.6 is 11.8 Å². The lowest BCUT2D eigenvalue weighted by molar-refractivity contribution is -0.131. The highest BCUT2D eigenvalue weighted by molar-refractivity contribution is 8.00. The molecule has 1 amide bonds. The summed E-state index contributed by atoms with van der Waals surface area (Å²) >= 11 is 1.56. The molecule has 1 aromatic heterocycles. The minimum Gasteiger partial charge on any atom is -0.385 e. The molecular weight excluding hydrogens is 322 g/mol. The smallest absolute Gasteiger partial charge is 0.232 e. The Balaban J connectivity index is 1.57. The predicted molar refractivity (Wildman–Crippen MR) is 94.6 cm³/mol. The quantitative estimate of drug-likeness (QED) is 0.846. The van der Waals surface area contributed by atoms with Gasteiger partial charge in [-0.3, -0.25) is 4.79 Å². The van der Waals surface area contributed by atoms with Gasteiger partial charge in [0.25, 0.3) is 0 Å². The van der Waals surface area contributed by atoms with E-state index < -0.39 is 6.10 Å². The Kier molecular flexibility index (Phi) is 5.58. The van der Waals surface area contributed by atoms with Gasteiger partial charge in [0, 0.05) is 43.3 Å². The van der Waals surface area contributed by atoms with Gasteiger partial charge in [-0.25, -0.2) is 4.98 Å². The molecule has 1 aliphatic heterocycles. The van der Waals surface area contributed by atoms with Crippen LogP contribution in [0.3, 0.4) is 0 Å². The summed E-state index contributed by atoms with van der Waals surface area (Å²) in [6.45, 7) is 1.38. The van der Waals surface area contributed by atoms with Crippen LogP contribution in [0.4, 0.5) is 0 Å². The molecule has 2 unspecified atom stereocenters. The van der Waals surface area contributed by atoms with Crippen LogP contribution in [-0.2, 0) is 11.8 Å². The van der Waals surface area contributed by atoms with Crippen LogP contribution in [0.2, 0.25) is 0 Å². The molecule has 1 N–H and O–H groups in total. The number of imidazole rings is 1. The highest BCUT2D eigenvalue weighted by Gasteiger charge is 2.30. The third-order valence-electron chi connectivity index (χ3n) is 4.49. The largest absolute Gasteiger partial charge is 0.385 e. The Hall–Kier alpha value is -1.79. The van der Waals surface area contributed by atoms with Crippen molar-refractivity contribution < 1.29 is 9.90 Å². The van der Waals surface area contributed by atoms with Crippen molar-refractivity contribution in [3.8, 4) is 0 Å². The van der Waals surface area contributed by atoms with Gasteiger partial charge in [-0.2, -0.15) is 0 Å². The van der Waals surface area contributed by atoms with E-state index in [0.29, 0.717) is 18.1 Å². The Labute approximate surface area is 146 Å². The first-order valence-electron chi connectivity index (χ1n) is 8.26. The van der Waals surface area contributed by atoms with Crippen LogP contribution in [0, 0.1) is 5.92 Å². The summed E-state index contributed by atoms with van der Waals surface area (Å²) in [6, 6.07) is 9.96. The van der Waals surface area contributed by atoms with Gasteiger partial charge in [-0.15, -0.1) is 11.8 Å². The second-order valence-corrected chi connectivity index (χ2v) is 7.23. The fourth-order valence-corrected chi connectivity index (χ4v) is 3.94. The van der Waals surface area contributed by atoms with E-state index in [0.717, 1.165) is 24.3 Å². The van der Waals surface area contributed by atoms with E-state index in [9.17, 15) is 9.90 Å². The standard InChI is InChI=1S/C18H23N3O2S/c1-20-11-9-19-18(20)17(23)14-6-5-10-21(12-14)16(22)13-24-15-7-3-2-4-8-15/h2-4,7-9,11,14,17,23H,5-6,10,12-13H2,1H3. The average Bonchev–Trinajstić information content (AvgIpc) is 3.06. The van der Waals surface area contributed by atoms with Crippen LogP contribution in [0.1, 0.15) is 24.8 Å². The summed E-state index contributed by atoms with van der Waals surface area (Å²) in [5.74, 6) is 1.30. The van der Waals surface area contributed by atoms with Crippen LogP contribution in [0.15, 0.2) is 47.6 Å². The Morgan fingerprint density at radius 1 is 1.42 bits per heavy atom. The molecule has 2 aromatic rings. The predicted octanol–water partition coefficient (Wildman–Crippen LogP) is 2.48. The number of nitrogens with zero attached hydrogens (tertiary/aromatic N) is 3. The molecule has 1 aliphatic rings. The lowest BCUT2D eigenvalue weighted by Gasteiger charge is -2.35. The minimum atomic E-state index is -0.623. The summed E-state index contributed by atoms with van der Waals surface area (Å²) in [6.07, 6.45) is 4.75. The maximum absolute atomic E-state index is 12.5. The second kappa shape index (κ2) is 7.85. The maximum Gasteiger partial charge on any atom is 0.232 e. The van der Waals surface area contributed by atoms with Crippen LogP contribution in [0.5, 0.6) is 0 Å².